The van der Waals surface area contributed by atoms with Crippen molar-refractivity contribution in [3.05, 3.63) is 21.9 Å². The van der Waals surface area contributed by atoms with Gasteiger partial charge in [0.15, 0.2) is 0 Å². The Bertz CT molecular complexity index is 536. The molecule has 2 aromatic heterocycles. The highest BCUT2D eigenvalue weighted by molar-refractivity contribution is 7.09. The maximum atomic E-state index is 11.6. The van der Waals surface area contributed by atoms with Gasteiger partial charge in [-0.25, -0.2) is 14.5 Å². The van der Waals surface area contributed by atoms with Crippen molar-refractivity contribution >= 4 is 17.3 Å². The monoisotopic (exact) mass is 267 g/mol. The number of ether oxygens (including phenoxy) is 1. The van der Waals surface area contributed by atoms with E-state index in [0.717, 1.165) is 17.1 Å². The topological polar surface area (TPSA) is 82.8 Å². The zero-order chi connectivity index (χ0) is 13.0. The lowest BCUT2D eigenvalue weighted by Crippen LogP contribution is -2.15. The summed E-state index contributed by atoms with van der Waals surface area (Å²) in [7, 11) is 0. The van der Waals surface area contributed by atoms with E-state index in [9.17, 15) is 4.79 Å². The van der Waals surface area contributed by atoms with Gasteiger partial charge in [-0.05, 0) is 23.8 Å². The summed E-state index contributed by atoms with van der Waals surface area (Å²) in [5.74, 6) is -0.420. The molecule has 2 heterocycles. The molecule has 0 aliphatic rings. The summed E-state index contributed by atoms with van der Waals surface area (Å²) >= 11 is 1.59. The third-order valence-corrected chi connectivity index (χ3v) is 3.25. The van der Waals surface area contributed by atoms with Crippen LogP contribution >= 0.6 is 11.3 Å². The van der Waals surface area contributed by atoms with Gasteiger partial charge in [0.05, 0.1) is 23.9 Å². The number of esters is 1. The zero-order valence-electron chi connectivity index (χ0n) is 10.2. The number of hydrogen-bond acceptors (Lipinski definition) is 7. The summed E-state index contributed by atoms with van der Waals surface area (Å²) < 4.78 is 6.27. The van der Waals surface area contributed by atoms with Gasteiger partial charge in [-0.3, -0.25) is 0 Å². The number of carbonyl (C=O) groups excluding carboxylic acids is 1. The van der Waals surface area contributed by atoms with Crippen molar-refractivity contribution in [2.24, 2.45) is 0 Å². The number of carbonyl (C=O) groups is 1. The molecule has 7 nitrogen and oxygen atoms in total. The third-order valence-electron chi connectivity index (χ3n) is 2.20. The Morgan fingerprint density at radius 2 is 2.33 bits per heavy atom. The third kappa shape index (κ3) is 2.70. The molecule has 0 fully saturated rings. The fourth-order valence-corrected chi connectivity index (χ4v) is 2.13. The van der Waals surface area contributed by atoms with E-state index >= 15 is 0 Å². The predicted molar refractivity (Wildman–Crippen MR) is 64.4 cm³/mol. The van der Waals surface area contributed by atoms with Crippen LogP contribution in [0.2, 0.25) is 0 Å². The van der Waals surface area contributed by atoms with Crippen molar-refractivity contribution in [1.29, 1.82) is 0 Å². The predicted octanol–water partition coefficient (Wildman–Crippen LogP) is 0.917. The van der Waals surface area contributed by atoms with Crippen molar-refractivity contribution < 1.29 is 9.53 Å². The van der Waals surface area contributed by atoms with E-state index in [4.69, 9.17) is 4.74 Å². The summed E-state index contributed by atoms with van der Waals surface area (Å²) in [5, 5.41) is 13.9. The molecule has 0 spiro atoms. The van der Waals surface area contributed by atoms with Crippen LogP contribution < -0.4 is 0 Å². The number of nitrogens with zero attached hydrogens (tertiary/aromatic N) is 5. The van der Waals surface area contributed by atoms with Crippen molar-refractivity contribution in [2.45, 2.75) is 26.8 Å². The second kappa shape index (κ2) is 5.67. The number of aryl methyl sites for hydroxylation is 1. The van der Waals surface area contributed by atoms with E-state index in [-0.39, 0.29) is 5.82 Å². The molecule has 18 heavy (non-hydrogen) atoms. The Hall–Kier alpha value is -1.83. The lowest BCUT2D eigenvalue weighted by atomic mass is 10.4. The fourth-order valence-electron chi connectivity index (χ4n) is 1.39. The van der Waals surface area contributed by atoms with Crippen molar-refractivity contribution in [2.75, 3.05) is 6.61 Å². The molecular weight excluding hydrogens is 254 g/mol. The normalized spacial score (nSPS) is 10.6. The number of aromatic nitrogens is 5. The van der Waals surface area contributed by atoms with Gasteiger partial charge in [0.2, 0.25) is 0 Å². The average Bonchev–Trinajstić information content (AvgIpc) is 2.99. The molecule has 0 radical (unpaired) electrons. The van der Waals surface area contributed by atoms with Crippen LogP contribution in [0.1, 0.15) is 35.2 Å². The van der Waals surface area contributed by atoms with Crippen LogP contribution in [0.3, 0.4) is 0 Å². The van der Waals surface area contributed by atoms with E-state index in [2.05, 4.69) is 20.5 Å². The molecule has 0 unspecified atom stereocenters. The molecule has 0 aliphatic heterocycles. The molecular formula is C10H13N5O2S. The van der Waals surface area contributed by atoms with Crippen LogP contribution in [-0.2, 0) is 17.7 Å². The molecule has 0 N–H and O–H groups in total. The van der Waals surface area contributed by atoms with Crippen molar-refractivity contribution in [1.82, 2.24) is 25.2 Å². The first kappa shape index (κ1) is 12.6. The van der Waals surface area contributed by atoms with E-state index in [1.54, 1.807) is 18.3 Å². The molecule has 0 saturated heterocycles. The summed E-state index contributed by atoms with van der Waals surface area (Å²) in [6, 6.07) is 0. The zero-order valence-corrected chi connectivity index (χ0v) is 11.0. The Labute approximate surface area is 108 Å². The minimum Gasteiger partial charge on any atom is -0.460 e. The van der Waals surface area contributed by atoms with Gasteiger partial charge < -0.3 is 4.74 Å². The van der Waals surface area contributed by atoms with Crippen LogP contribution in [0.5, 0.6) is 0 Å². The van der Waals surface area contributed by atoms with Gasteiger partial charge >= 0.3 is 5.97 Å². The van der Waals surface area contributed by atoms with Crippen LogP contribution in [0.15, 0.2) is 5.38 Å². The highest BCUT2D eigenvalue weighted by Crippen LogP contribution is 2.11. The van der Waals surface area contributed by atoms with E-state index in [1.165, 1.54) is 4.68 Å². The molecule has 0 amide bonds. The molecule has 0 atom stereocenters. The molecule has 0 saturated carbocycles. The number of thiazole rings is 1. The van der Waals surface area contributed by atoms with Crippen LogP contribution in [0, 0.1) is 0 Å². The maximum absolute atomic E-state index is 11.6. The maximum Gasteiger partial charge on any atom is 0.378 e. The average molecular weight is 267 g/mol. The van der Waals surface area contributed by atoms with Crippen LogP contribution in [0.4, 0.5) is 0 Å². The van der Waals surface area contributed by atoms with Gasteiger partial charge in [-0.1, -0.05) is 6.92 Å². The van der Waals surface area contributed by atoms with Crippen LogP contribution in [-0.4, -0.2) is 37.8 Å². The Kier molecular flexibility index (Phi) is 3.98. The Morgan fingerprint density at radius 3 is 3.00 bits per heavy atom. The second-order valence-electron chi connectivity index (χ2n) is 3.47. The number of tetrazole rings is 1. The summed E-state index contributed by atoms with van der Waals surface area (Å²) in [5.41, 5.74) is 0.842. The summed E-state index contributed by atoms with van der Waals surface area (Å²) in [6.07, 6.45) is 0.894. The van der Waals surface area contributed by atoms with Gasteiger partial charge in [-0.2, -0.15) is 0 Å². The van der Waals surface area contributed by atoms with E-state index in [0.29, 0.717) is 13.2 Å². The minimum atomic E-state index is -0.520. The standard InChI is InChI=1S/C10H13N5O2S/c1-3-8-11-7(6-18-8)5-15-9(12-13-14-15)10(16)17-4-2/h6H,3-5H2,1-2H3. The molecule has 8 heteroatoms. The lowest BCUT2D eigenvalue weighted by molar-refractivity contribution is 0.0505. The van der Waals surface area contributed by atoms with E-state index in [1.807, 2.05) is 12.3 Å². The van der Waals surface area contributed by atoms with Crippen molar-refractivity contribution in [3.63, 3.8) is 0 Å². The lowest BCUT2D eigenvalue weighted by Gasteiger charge is -2.01. The quantitative estimate of drug-likeness (QED) is 0.749. The van der Waals surface area contributed by atoms with Gasteiger partial charge in [0.25, 0.3) is 5.82 Å². The molecule has 0 aromatic carbocycles. The van der Waals surface area contributed by atoms with Gasteiger partial charge in [0.1, 0.15) is 0 Å². The van der Waals surface area contributed by atoms with Crippen molar-refractivity contribution in [3.8, 4) is 0 Å². The first-order valence-electron chi connectivity index (χ1n) is 5.61. The second-order valence-corrected chi connectivity index (χ2v) is 4.41. The fraction of sp³-hybridized carbons (Fsp3) is 0.500. The highest BCUT2D eigenvalue weighted by Gasteiger charge is 2.17. The minimum absolute atomic E-state index is 0.0999. The Balaban J connectivity index is 2.14. The van der Waals surface area contributed by atoms with Crippen LogP contribution in [0.25, 0.3) is 0 Å². The molecule has 0 aliphatic carbocycles. The smallest absolute Gasteiger partial charge is 0.378 e. The van der Waals surface area contributed by atoms with Gasteiger partial charge in [0, 0.05) is 5.38 Å². The molecule has 96 valence electrons. The molecule has 2 aromatic rings. The summed E-state index contributed by atoms with van der Waals surface area (Å²) in [4.78, 5) is 16.0. The first-order chi connectivity index (χ1) is 8.74. The number of rotatable bonds is 5. The first-order valence-corrected chi connectivity index (χ1v) is 6.49. The highest BCUT2D eigenvalue weighted by atomic mass is 32.1. The SMILES string of the molecule is CCOC(=O)c1nnnn1Cc1csc(CC)n1. The van der Waals surface area contributed by atoms with Gasteiger partial charge in [-0.15, -0.1) is 16.4 Å². The largest absolute Gasteiger partial charge is 0.460 e. The molecule has 0 bridgehead atoms. The molecule has 2 rings (SSSR count). The number of hydrogen-bond donors (Lipinski definition) is 0. The Morgan fingerprint density at radius 1 is 1.50 bits per heavy atom. The summed E-state index contributed by atoms with van der Waals surface area (Å²) in [6.45, 7) is 4.45. The van der Waals surface area contributed by atoms with E-state index < -0.39 is 5.97 Å².